The monoisotopic (exact) mass is 338 g/mol. The van der Waals surface area contributed by atoms with Crippen molar-refractivity contribution in [3.05, 3.63) is 58.1 Å². The summed E-state index contributed by atoms with van der Waals surface area (Å²) in [7, 11) is 0. The molecule has 0 fully saturated rings. The van der Waals surface area contributed by atoms with E-state index in [1.165, 1.54) is 0 Å². The van der Waals surface area contributed by atoms with E-state index in [9.17, 15) is 4.79 Å². The molecular formula is C16H16Cl2N2O2. The Hall–Kier alpha value is -1.91. The molecule has 0 aliphatic carbocycles. The number of nitrogens with one attached hydrogen (secondary N) is 2. The lowest BCUT2D eigenvalue weighted by Gasteiger charge is -2.12. The topological polar surface area (TPSA) is 50.4 Å². The molecule has 2 aromatic rings. The van der Waals surface area contributed by atoms with Gasteiger partial charge in [0.25, 0.3) is 0 Å². The summed E-state index contributed by atoms with van der Waals surface area (Å²) in [5.41, 5.74) is 1.53. The van der Waals surface area contributed by atoms with Crippen molar-refractivity contribution in [3.8, 4) is 5.75 Å². The molecule has 0 spiro atoms. The van der Waals surface area contributed by atoms with Crippen LogP contribution in [0.15, 0.2) is 42.5 Å². The number of halogens is 2. The van der Waals surface area contributed by atoms with Gasteiger partial charge in [0.1, 0.15) is 5.75 Å². The quantitative estimate of drug-likeness (QED) is 0.775. The molecular weight excluding hydrogens is 323 g/mol. The molecule has 0 unspecified atom stereocenters. The standard InChI is InChI=1S/C16H16Cl2N2O2/c1-2-11-6-3-4-9-14(11)22-10-19-16(21)20-13-8-5-7-12(17)15(13)18/h3-9H,2,10H2,1H3,(H2,19,20,21). The van der Waals surface area contributed by atoms with Crippen LogP contribution in [0.25, 0.3) is 0 Å². The van der Waals surface area contributed by atoms with Crippen molar-refractivity contribution in [2.75, 3.05) is 12.0 Å². The molecule has 2 rings (SSSR count). The summed E-state index contributed by atoms with van der Waals surface area (Å²) in [6.45, 7) is 2.10. The van der Waals surface area contributed by atoms with Crippen LogP contribution in [0.4, 0.5) is 10.5 Å². The Kier molecular flexibility index (Phi) is 5.92. The highest BCUT2D eigenvalue weighted by Gasteiger charge is 2.08. The second-order valence-corrected chi connectivity index (χ2v) is 5.27. The van der Waals surface area contributed by atoms with Gasteiger partial charge in [0, 0.05) is 0 Å². The maximum Gasteiger partial charge on any atom is 0.321 e. The zero-order valence-corrected chi connectivity index (χ0v) is 13.5. The summed E-state index contributed by atoms with van der Waals surface area (Å²) in [5, 5.41) is 5.91. The van der Waals surface area contributed by atoms with Gasteiger partial charge in [-0.15, -0.1) is 0 Å². The molecule has 0 aliphatic rings. The van der Waals surface area contributed by atoms with Crippen LogP contribution in [0.3, 0.4) is 0 Å². The molecule has 6 heteroatoms. The number of amides is 2. The highest BCUT2D eigenvalue weighted by Crippen LogP contribution is 2.29. The third-order valence-corrected chi connectivity index (χ3v) is 3.83. The van der Waals surface area contributed by atoms with E-state index in [0.717, 1.165) is 17.7 Å². The summed E-state index contributed by atoms with van der Waals surface area (Å²) < 4.78 is 5.56. The van der Waals surface area contributed by atoms with Crippen LogP contribution in [0.5, 0.6) is 5.75 Å². The highest BCUT2D eigenvalue weighted by atomic mass is 35.5. The Labute approximate surface area is 139 Å². The van der Waals surface area contributed by atoms with Crippen LogP contribution in [0, 0.1) is 0 Å². The predicted molar refractivity (Wildman–Crippen MR) is 89.9 cm³/mol. The molecule has 116 valence electrons. The third-order valence-electron chi connectivity index (χ3n) is 3.01. The number of ether oxygens (including phenoxy) is 1. The van der Waals surface area contributed by atoms with E-state index in [-0.39, 0.29) is 6.73 Å². The van der Waals surface area contributed by atoms with E-state index in [1.54, 1.807) is 18.2 Å². The summed E-state index contributed by atoms with van der Waals surface area (Å²) in [6, 6.07) is 12.3. The van der Waals surface area contributed by atoms with Gasteiger partial charge in [-0.3, -0.25) is 0 Å². The van der Waals surface area contributed by atoms with Gasteiger partial charge in [0.05, 0.1) is 15.7 Å². The van der Waals surface area contributed by atoms with E-state index in [4.69, 9.17) is 27.9 Å². The van der Waals surface area contributed by atoms with Crippen LogP contribution < -0.4 is 15.4 Å². The number of rotatable bonds is 5. The first-order chi connectivity index (χ1) is 10.6. The minimum absolute atomic E-state index is 0.0566. The zero-order valence-electron chi connectivity index (χ0n) is 12.0. The Bertz CT molecular complexity index is 662. The number of benzene rings is 2. The number of hydrogen-bond donors (Lipinski definition) is 2. The third kappa shape index (κ3) is 4.29. The number of aryl methyl sites for hydroxylation is 1. The van der Waals surface area contributed by atoms with Crippen LogP contribution >= 0.6 is 23.2 Å². The largest absolute Gasteiger partial charge is 0.473 e. The number of carbonyl (C=O) groups excluding carboxylic acids is 1. The zero-order chi connectivity index (χ0) is 15.9. The van der Waals surface area contributed by atoms with E-state index >= 15 is 0 Å². The normalized spacial score (nSPS) is 10.1. The Morgan fingerprint density at radius 1 is 1.14 bits per heavy atom. The number of anilines is 1. The average Bonchev–Trinajstić information content (AvgIpc) is 2.52. The van der Waals surface area contributed by atoms with Crippen molar-refractivity contribution in [2.24, 2.45) is 0 Å². The summed E-state index contributed by atoms with van der Waals surface area (Å²) in [5.74, 6) is 0.756. The fourth-order valence-electron chi connectivity index (χ4n) is 1.88. The molecule has 4 nitrogen and oxygen atoms in total. The Morgan fingerprint density at radius 3 is 2.68 bits per heavy atom. The summed E-state index contributed by atoms with van der Waals surface area (Å²) in [6.07, 6.45) is 0.862. The van der Waals surface area contributed by atoms with Gasteiger partial charge in [-0.25, -0.2) is 4.79 Å². The average molecular weight is 339 g/mol. The van der Waals surface area contributed by atoms with E-state index < -0.39 is 6.03 Å². The summed E-state index contributed by atoms with van der Waals surface area (Å²) >= 11 is 11.9. The Morgan fingerprint density at radius 2 is 1.91 bits per heavy atom. The first-order valence-corrected chi connectivity index (χ1v) is 7.57. The van der Waals surface area contributed by atoms with Crippen molar-refractivity contribution in [2.45, 2.75) is 13.3 Å². The second-order valence-electron chi connectivity index (χ2n) is 4.48. The summed E-state index contributed by atoms with van der Waals surface area (Å²) in [4.78, 5) is 11.8. The fourth-order valence-corrected chi connectivity index (χ4v) is 2.23. The van der Waals surface area contributed by atoms with E-state index in [0.29, 0.717) is 15.7 Å². The SMILES string of the molecule is CCc1ccccc1OCNC(=O)Nc1cccc(Cl)c1Cl. The number of hydrogen-bond acceptors (Lipinski definition) is 2. The highest BCUT2D eigenvalue weighted by molar-refractivity contribution is 6.43. The van der Waals surface area contributed by atoms with Crippen LogP contribution in [-0.4, -0.2) is 12.8 Å². The predicted octanol–water partition coefficient (Wildman–Crippen LogP) is 4.71. The van der Waals surface area contributed by atoms with Crippen molar-refractivity contribution < 1.29 is 9.53 Å². The van der Waals surface area contributed by atoms with Gasteiger partial charge in [-0.2, -0.15) is 0 Å². The minimum Gasteiger partial charge on any atom is -0.473 e. The molecule has 0 aromatic heterocycles. The van der Waals surface area contributed by atoms with Gasteiger partial charge in [0.15, 0.2) is 6.73 Å². The molecule has 0 saturated heterocycles. The Balaban J connectivity index is 1.87. The van der Waals surface area contributed by atoms with Crippen molar-refractivity contribution >= 4 is 34.9 Å². The lowest BCUT2D eigenvalue weighted by atomic mass is 10.1. The first kappa shape index (κ1) is 16.5. The molecule has 2 aromatic carbocycles. The molecule has 0 radical (unpaired) electrons. The smallest absolute Gasteiger partial charge is 0.321 e. The van der Waals surface area contributed by atoms with Gasteiger partial charge in [-0.05, 0) is 30.2 Å². The first-order valence-electron chi connectivity index (χ1n) is 6.81. The minimum atomic E-state index is -0.418. The van der Waals surface area contributed by atoms with E-state index in [1.807, 2.05) is 31.2 Å². The maximum absolute atomic E-state index is 11.8. The van der Waals surface area contributed by atoms with Crippen molar-refractivity contribution in [1.29, 1.82) is 0 Å². The number of carbonyl (C=O) groups is 1. The van der Waals surface area contributed by atoms with Crippen LogP contribution in [0.1, 0.15) is 12.5 Å². The second kappa shape index (κ2) is 7.92. The van der Waals surface area contributed by atoms with Gasteiger partial charge in [-0.1, -0.05) is 54.4 Å². The number of urea groups is 1. The van der Waals surface area contributed by atoms with E-state index in [2.05, 4.69) is 10.6 Å². The molecule has 0 saturated carbocycles. The maximum atomic E-state index is 11.8. The molecule has 0 bridgehead atoms. The van der Waals surface area contributed by atoms with Crippen molar-refractivity contribution in [3.63, 3.8) is 0 Å². The van der Waals surface area contributed by atoms with Gasteiger partial charge < -0.3 is 15.4 Å². The molecule has 22 heavy (non-hydrogen) atoms. The number of para-hydroxylation sites is 1. The molecule has 0 aliphatic heterocycles. The molecule has 2 amide bonds. The van der Waals surface area contributed by atoms with Gasteiger partial charge in [0.2, 0.25) is 0 Å². The molecule has 2 N–H and O–H groups in total. The van der Waals surface area contributed by atoms with Crippen molar-refractivity contribution in [1.82, 2.24) is 5.32 Å². The fraction of sp³-hybridized carbons (Fsp3) is 0.188. The lowest BCUT2D eigenvalue weighted by Crippen LogP contribution is -2.32. The lowest BCUT2D eigenvalue weighted by molar-refractivity contribution is 0.234. The molecule has 0 atom stereocenters. The van der Waals surface area contributed by atoms with Gasteiger partial charge >= 0.3 is 6.03 Å². The van der Waals surface area contributed by atoms with Crippen LogP contribution in [-0.2, 0) is 6.42 Å². The molecule has 0 heterocycles. The van der Waals surface area contributed by atoms with Crippen LogP contribution in [0.2, 0.25) is 10.0 Å².